The van der Waals surface area contributed by atoms with Crippen LogP contribution in [0.2, 0.25) is 0 Å². The van der Waals surface area contributed by atoms with Gasteiger partial charge in [-0.3, -0.25) is 4.79 Å². The molecule has 35 heavy (non-hydrogen) atoms. The average molecular weight is 468 g/mol. The molecule has 2 aromatic rings. The molecule has 1 heterocycles. The van der Waals surface area contributed by atoms with E-state index in [2.05, 4.69) is 89.4 Å². The summed E-state index contributed by atoms with van der Waals surface area (Å²) in [4.78, 5) is 15.6. The first kappa shape index (κ1) is 24.8. The van der Waals surface area contributed by atoms with Gasteiger partial charge < -0.3 is 10.0 Å². The average Bonchev–Trinajstić information content (AvgIpc) is 3.05. The molecule has 0 spiro atoms. The third-order valence-corrected chi connectivity index (χ3v) is 7.75. The van der Waals surface area contributed by atoms with Crippen LogP contribution in [0.1, 0.15) is 64.2 Å². The Morgan fingerprint density at radius 3 is 2.43 bits per heavy atom. The smallest absolute Gasteiger partial charge is 0.200 e. The fraction of sp³-hybridized carbons (Fsp3) is 0.344. The maximum absolute atomic E-state index is 13.2. The van der Waals surface area contributed by atoms with Gasteiger partial charge in [-0.25, -0.2) is 0 Å². The van der Waals surface area contributed by atoms with Crippen molar-refractivity contribution in [3.63, 3.8) is 0 Å². The first-order chi connectivity index (χ1) is 16.5. The predicted molar refractivity (Wildman–Crippen MR) is 146 cm³/mol. The number of aliphatic hydroxyl groups is 1. The molecule has 2 aromatic carbocycles. The van der Waals surface area contributed by atoms with E-state index in [1.54, 1.807) is 6.08 Å². The molecule has 182 valence electrons. The summed E-state index contributed by atoms with van der Waals surface area (Å²) in [5.74, 6) is -0.0645. The lowest BCUT2D eigenvalue weighted by Crippen LogP contribution is -2.30. The number of allylic oxidation sites excluding steroid dienone is 6. The zero-order valence-corrected chi connectivity index (χ0v) is 21.9. The third kappa shape index (κ3) is 4.07. The maximum Gasteiger partial charge on any atom is 0.200 e. The summed E-state index contributed by atoms with van der Waals surface area (Å²) in [5, 5.41) is 11.0. The topological polar surface area (TPSA) is 40.5 Å². The first-order valence-electron chi connectivity index (χ1n) is 12.6. The van der Waals surface area contributed by atoms with E-state index in [4.69, 9.17) is 0 Å². The number of anilines is 1. The minimum absolute atomic E-state index is 0.0615. The molecule has 0 unspecified atom stereocenters. The Morgan fingerprint density at radius 1 is 1.11 bits per heavy atom. The number of para-hydroxylation sites is 1. The van der Waals surface area contributed by atoms with E-state index in [0.717, 1.165) is 36.2 Å². The van der Waals surface area contributed by atoms with Crippen LogP contribution in [-0.2, 0) is 15.6 Å². The van der Waals surface area contributed by atoms with Gasteiger partial charge in [0, 0.05) is 28.8 Å². The van der Waals surface area contributed by atoms with Gasteiger partial charge in [0.1, 0.15) is 5.76 Å². The number of fused-ring (bicyclic) bond motifs is 1. The van der Waals surface area contributed by atoms with Crippen LogP contribution in [0.3, 0.4) is 0 Å². The lowest BCUT2D eigenvalue weighted by Gasteiger charge is -2.31. The second kappa shape index (κ2) is 9.03. The monoisotopic (exact) mass is 467 g/mol. The summed E-state index contributed by atoms with van der Waals surface area (Å²) < 4.78 is 0. The molecule has 0 saturated carbocycles. The summed E-state index contributed by atoms with van der Waals surface area (Å²) in [7, 11) is 0. The minimum Gasteiger partial charge on any atom is -0.506 e. The SMILES string of the molecule is C=C(/C=C1\C(=O)C(/C=C2\N(CCCC)c3ccccc3C2(C)C)=C1O)C(C)(C)c1ccccc1C. The third-order valence-electron chi connectivity index (χ3n) is 7.75. The number of aliphatic hydroxyl groups excluding tert-OH is 1. The summed E-state index contributed by atoms with van der Waals surface area (Å²) in [5.41, 5.74) is 6.74. The van der Waals surface area contributed by atoms with Gasteiger partial charge in [0.25, 0.3) is 0 Å². The Hall–Kier alpha value is -3.33. The van der Waals surface area contributed by atoms with Gasteiger partial charge in [-0.15, -0.1) is 0 Å². The number of Topliss-reactive ketones (excluding diaryl/α,β-unsaturated/α-hetero) is 1. The molecular formula is C32H37NO2. The van der Waals surface area contributed by atoms with Crippen LogP contribution in [0, 0.1) is 6.92 Å². The van der Waals surface area contributed by atoms with Gasteiger partial charge in [0.15, 0.2) is 0 Å². The van der Waals surface area contributed by atoms with Crippen LogP contribution in [0.25, 0.3) is 0 Å². The van der Waals surface area contributed by atoms with Crippen molar-refractivity contribution in [2.75, 3.05) is 11.4 Å². The van der Waals surface area contributed by atoms with Crippen molar-refractivity contribution in [3.05, 3.63) is 112 Å². The largest absolute Gasteiger partial charge is 0.506 e. The molecule has 0 amide bonds. The lowest BCUT2D eigenvalue weighted by atomic mass is 9.74. The number of aryl methyl sites for hydroxylation is 1. The normalized spacial score (nSPS) is 19.4. The highest BCUT2D eigenvalue weighted by atomic mass is 16.3. The zero-order chi connectivity index (χ0) is 25.5. The summed E-state index contributed by atoms with van der Waals surface area (Å²) in [6.07, 6.45) is 5.81. The number of ketones is 1. The molecule has 3 heteroatoms. The van der Waals surface area contributed by atoms with E-state index < -0.39 is 0 Å². The van der Waals surface area contributed by atoms with Crippen molar-refractivity contribution in [1.82, 2.24) is 0 Å². The predicted octanol–water partition coefficient (Wildman–Crippen LogP) is 7.63. The molecular weight excluding hydrogens is 430 g/mol. The van der Waals surface area contributed by atoms with Gasteiger partial charge in [-0.1, -0.05) is 90.1 Å². The molecule has 0 aromatic heterocycles. The number of carbonyl (C=O) groups excluding carboxylic acids is 1. The number of benzene rings is 2. The second-order valence-electron chi connectivity index (χ2n) is 10.8. The lowest BCUT2D eigenvalue weighted by molar-refractivity contribution is -0.113. The van der Waals surface area contributed by atoms with Gasteiger partial charge in [-0.2, -0.15) is 0 Å². The minimum atomic E-state index is -0.362. The van der Waals surface area contributed by atoms with Crippen LogP contribution in [0.15, 0.2) is 95.4 Å². The van der Waals surface area contributed by atoms with Crippen molar-refractivity contribution >= 4 is 11.5 Å². The summed E-state index contributed by atoms with van der Waals surface area (Å²) in [6.45, 7) is 18.0. The van der Waals surface area contributed by atoms with Gasteiger partial charge in [-0.05, 0) is 53.8 Å². The quantitative estimate of drug-likeness (QED) is 0.426. The summed E-state index contributed by atoms with van der Waals surface area (Å²) >= 11 is 0. The molecule has 0 fully saturated rings. The van der Waals surface area contributed by atoms with E-state index >= 15 is 0 Å². The number of hydrogen-bond donors (Lipinski definition) is 1. The van der Waals surface area contributed by atoms with E-state index in [9.17, 15) is 9.90 Å². The number of carbonyl (C=O) groups is 1. The second-order valence-corrected chi connectivity index (χ2v) is 10.8. The van der Waals surface area contributed by atoms with E-state index in [1.165, 1.54) is 16.8 Å². The highest BCUT2D eigenvalue weighted by Gasteiger charge is 2.42. The van der Waals surface area contributed by atoms with Crippen molar-refractivity contribution in [3.8, 4) is 0 Å². The summed E-state index contributed by atoms with van der Waals surface area (Å²) in [6, 6.07) is 16.7. The maximum atomic E-state index is 13.2. The molecule has 0 bridgehead atoms. The van der Waals surface area contributed by atoms with Crippen molar-refractivity contribution < 1.29 is 9.90 Å². The number of unbranched alkanes of at least 4 members (excludes halogenated alkanes) is 1. The number of rotatable bonds is 7. The molecule has 3 nitrogen and oxygen atoms in total. The molecule has 0 saturated heterocycles. The Kier molecular flexibility index (Phi) is 6.40. The van der Waals surface area contributed by atoms with Crippen LogP contribution in [0.4, 0.5) is 5.69 Å². The first-order valence-corrected chi connectivity index (χ1v) is 12.6. The number of hydrogen-bond acceptors (Lipinski definition) is 3. The standard InChI is InChI=1S/C32H37NO2/c1-8-9-18-33-27-17-13-12-16-26(27)32(6,7)28(33)20-24-29(34)23(30(24)35)19-22(3)31(4,5)25-15-11-10-14-21(25)2/h10-17,19-20,34H,3,8-9,18H2,1-2,4-7H3/b23-19-,28-20-. The zero-order valence-electron chi connectivity index (χ0n) is 21.9. The van der Waals surface area contributed by atoms with Gasteiger partial charge in [0.2, 0.25) is 5.78 Å². The number of nitrogens with zero attached hydrogens (tertiary/aromatic N) is 1. The Balaban J connectivity index is 1.70. The fourth-order valence-corrected chi connectivity index (χ4v) is 5.31. The van der Waals surface area contributed by atoms with Crippen molar-refractivity contribution in [2.45, 2.75) is 65.2 Å². The Bertz CT molecular complexity index is 1290. The van der Waals surface area contributed by atoms with Crippen LogP contribution < -0.4 is 4.90 Å². The van der Waals surface area contributed by atoms with Crippen LogP contribution in [-0.4, -0.2) is 17.4 Å². The molecule has 1 aliphatic carbocycles. The van der Waals surface area contributed by atoms with E-state index in [1.807, 2.05) is 18.2 Å². The van der Waals surface area contributed by atoms with E-state index in [-0.39, 0.29) is 22.4 Å². The van der Waals surface area contributed by atoms with Crippen molar-refractivity contribution in [1.29, 1.82) is 0 Å². The highest BCUT2D eigenvalue weighted by Crippen LogP contribution is 2.49. The molecule has 1 N–H and O–H groups in total. The van der Waals surface area contributed by atoms with Crippen LogP contribution >= 0.6 is 0 Å². The highest BCUT2D eigenvalue weighted by molar-refractivity contribution is 6.21. The van der Waals surface area contributed by atoms with Gasteiger partial charge in [0.05, 0.1) is 11.1 Å². The molecule has 0 atom stereocenters. The van der Waals surface area contributed by atoms with Crippen molar-refractivity contribution in [2.24, 2.45) is 0 Å². The fourth-order valence-electron chi connectivity index (χ4n) is 5.31. The molecule has 4 rings (SSSR count). The molecule has 0 radical (unpaired) electrons. The van der Waals surface area contributed by atoms with Gasteiger partial charge >= 0.3 is 0 Å². The van der Waals surface area contributed by atoms with E-state index in [0.29, 0.717) is 11.1 Å². The van der Waals surface area contributed by atoms with Crippen LogP contribution in [0.5, 0.6) is 0 Å². The Labute approximate surface area is 210 Å². The Morgan fingerprint density at radius 2 is 1.77 bits per heavy atom. The molecule has 1 aliphatic heterocycles. The molecule has 2 aliphatic rings.